The fraction of sp³-hybridized carbons (Fsp3) is 0.105. The molecule has 0 aliphatic rings. The summed E-state index contributed by atoms with van der Waals surface area (Å²) < 4.78 is 4.65. The van der Waals surface area contributed by atoms with Crippen LogP contribution >= 0.6 is 11.6 Å². The van der Waals surface area contributed by atoms with E-state index in [1.807, 2.05) is 12.1 Å². The summed E-state index contributed by atoms with van der Waals surface area (Å²) >= 11 is 6.12. The van der Waals surface area contributed by atoms with E-state index in [0.29, 0.717) is 16.3 Å². The molecule has 29 heavy (non-hydrogen) atoms. The lowest BCUT2D eigenvalue weighted by Gasteiger charge is -2.11. The Morgan fingerprint density at radius 2 is 1.83 bits per heavy atom. The molecule has 0 radical (unpaired) electrons. The second kappa shape index (κ2) is 8.98. The first-order valence-electron chi connectivity index (χ1n) is 8.41. The third kappa shape index (κ3) is 4.77. The van der Waals surface area contributed by atoms with Gasteiger partial charge in [0, 0.05) is 17.3 Å². The SMILES string of the molecule is COC(=O)c1ccc(Nc2ncnc(NCc3ccccc3Cl)c2[N+](=O)[O-])cc1. The molecule has 1 aromatic heterocycles. The maximum Gasteiger partial charge on any atom is 0.353 e. The van der Waals surface area contributed by atoms with Crippen LogP contribution < -0.4 is 10.6 Å². The molecule has 0 aliphatic heterocycles. The summed E-state index contributed by atoms with van der Waals surface area (Å²) in [6.45, 7) is 0.255. The molecular formula is C19H16ClN5O4. The lowest BCUT2D eigenvalue weighted by molar-refractivity contribution is -0.383. The van der Waals surface area contributed by atoms with Crippen LogP contribution in [0.4, 0.5) is 23.0 Å². The van der Waals surface area contributed by atoms with Crippen LogP contribution in [-0.2, 0) is 11.3 Å². The van der Waals surface area contributed by atoms with Crippen LogP contribution in [0.5, 0.6) is 0 Å². The van der Waals surface area contributed by atoms with Gasteiger partial charge in [-0.3, -0.25) is 10.1 Å². The number of methoxy groups -OCH3 is 1. The van der Waals surface area contributed by atoms with Crippen molar-refractivity contribution in [1.29, 1.82) is 0 Å². The van der Waals surface area contributed by atoms with Crippen LogP contribution in [0.25, 0.3) is 0 Å². The van der Waals surface area contributed by atoms with Gasteiger partial charge in [-0.05, 0) is 35.9 Å². The monoisotopic (exact) mass is 413 g/mol. The molecule has 2 aromatic carbocycles. The van der Waals surface area contributed by atoms with Crippen molar-refractivity contribution in [2.45, 2.75) is 6.54 Å². The third-order valence-corrected chi connectivity index (χ3v) is 4.35. The minimum Gasteiger partial charge on any atom is -0.465 e. The molecule has 0 spiro atoms. The topological polar surface area (TPSA) is 119 Å². The Kier molecular flexibility index (Phi) is 6.20. The van der Waals surface area contributed by atoms with Crippen LogP contribution in [0.2, 0.25) is 5.02 Å². The zero-order valence-corrected chi connectivity index (χ0v) is 16.0. The summed E-state index contributed by atoms with van der Waals surface area (Å²) in [5.41, 5.74) is 1.33. The van der Waals surface area contributed by atoms with Gasteiger partial charge in [0.05, 0.1) is 17.6 Å². The molecule has 148 valence electrons. The molecule has 10 heteroatoms. The molecule has 0 saturated heterocycles. The molecular weight excluding hydrogens is 398 g/mol. The van der Waals surface area contributed by atoms with Crippen LogP contribution in [0.15, 0.2) is 54.9 Å². The molecule has 3 aromatic rings. The number of hydrogen-bond acceptors (Lipinski definition) is 8. The van der Waals surface area contributed by atoms with Crippen molar-refractivity contribution in [2.75, 3.05) is 17.7 Å². The highest BCUT2D eigenvalue weighted by Crippen LogP contribution is 2.31. The lowest BCUT2D eigenvalue weighted by Crippen LogP contribution is -2.08. The Bertz CT molecular complexity index is 1040. The lowest BCUT2D eigenvalue weighted by atomic mass is 10.2. The smallest absolute Gasteiger partial charge is 0.353 e. The van der Waals surface area contributed by atoms with E-state index in [2.05, 4.69) is 25.3 Å². The quantitative estimate of drug-likeness (QED) is 0.336. The van der Waals surface area contributed by atoms with Gasteiger partial charge in [-0.2, -0.15) is 0 Å². The summed E-state index contributed by atoms with van der Waals surface area (Å²) in [5, 5.41) is 18.0. The second-order valence-corrected chi connectivity index (χ2v) is 6.22. The summed E-state index contributed by atoms with van der Waals surface area (Å²) in [5.74, 6) is -0.410. The van der Waals surface area contributed by atoms with Gasteiger partial charge >= 0.3 is 11.7 Å². The first kappa shape index (κ1) is 20.0. The fourth-order valence-electron chi connectivity index (χ4n) is 2.54. The molecule has 0 saturated carbocycles. The summed E-state index contributed by atoms with van der Waals surface area (Å²) in [7, 11) is 1.29. The van der Waals surface area contributed by atoms with E-state index < -0.39 is 10.9 Å². The second-order valence-electron chi connectivity index (χ2n) is 5.82. The number of rotatable bonds is 7. The first-order chi connectivity index (χ1) is 14.0. The molecule has 9 nitrogen and oxygen atoms in total. The molecule has 0 bridgehead atoms. The van der Waals surface area contributed by atoms with Crippen molar-refractivity contribution in [2.24, 2.45) is 0 Å². The Balaban J connectivity index is 1.84. The number of nitrogens with one attached hydrogen (secondary N) is 2. The summed E-state index contributed by atoms with van der Waals surface area (Å²) in [6.07, 6.45) is 1.22. The van der Waals surface area contributed by atoms with Crippen molar-refractivity contribution in [3.8, 4) is 0 Å². The van der Waals surface area contributed by atoms with E-state index >= 15 is 0 Å². The van der Waals surface area contributed by atoms with E-state index in [-0.39, 0.29) is 23.9 Å². The van der Waals surface area contributed by atoms with Gasteiger partial charge in [-0.1, -0.05) is 29.8 Å². The standard InChI is InChI=1S/C19H16ClN5O4/c1-29-19(26)12-6-8-14(9-7-12)24-18-16(25(27)28)17(22-11-23-18)21-10-13-4-2-3-5-15(13)20/h2-9,11H,10H2,1H3,(H2,21,22,23,24). The Hall–Kier alpha value is -3.72. The maximum absolute atomic E-state index is 11.7. The van der Waals surface area contributed by atoms with Crippen LogP contribution in [0, 0.1) is 10.1 Å². The molecule has 0 fully saturated rings. The van der Waals surface area contributed by atoms with Gasteiger partial charge < -0.3 is 15.4 Å². The molecule has 0 atom stereocenters. The number of carbonyl (C=O) groups excluding carboxylic acids is 1. The Labute approximate surface area is 170 Å². The predicted molar refractivity (Wildman–Crippen MR) is 109 cm³/mol. The number of benzene rings is 2. The largest absolute Gasteiger partial charge is 0.465 e. The van der Waals surface area contributed by atoms with Gasteiger partial charge in [0.15, 0.2) is 0 Å². The van der Waals surface area contributed by atoms with Gasteiger partial charge in [-0.15, -0.1) is 0 Å². The molecule has 3 rings (SSSR count). The molecule has 1 heterocycles. The Morgan fingerprint density at radius 3 is 2.48 bits per heavy atom. The van der Waals surface area contributed by atoms with Crippen molar-refractivity contribution in [1.82, 2.24) is 9.97 Å². The van der Waals surface area contributed by atoms with E-state index in [9.17, 15) is 14.9 Å². The van der Waals surface area contributed by atoms with E-state index in [0.717, 1.165) is 5.56 Å². The van der Waals surface area contributed by atoms with Gasteiger partial charge in [0.2, 0.25) is 11.6 Å². The zero-order valence-electron chi connectivity index (χ0n) is 15.3. The Morgan fingerprint density at radius 1 is 1.14 bits per heavy atom. The van der Waals surface area contributed by atoms with Gasteiger partial charge in [-0.25, -0.2) is 14.8 Å². The average Bonchev–Trinajstić information content (AvgIpc) is 2.73. The number of nitrogens with zero attached hydrogens (tertiary/aromatic N) is 3. The number of aromatic nitrogens is 2. The number of anilines is 3. The highest BCUT2D eigenvalue weighted by atomic mass is 35.5. The van der Waals surface area contributed by atoms with E-state index in [4.69, 9.17) is 11.6 Å². The minimum atomic E-state index is -0.569. The number of esters is 1. The van der Waals surface area contributed by atoms with Crippen LogP contribution in [-0.4, -0.2) is 28.0 Å². The summed E-state index contributed by atoms with van der Waals surface area (Å²) in [4.78, 5) is 30.6. The maximum atomic E-state index is 11.7. The van der Waals surface area contributed by atoms with Gasteiger partial charge in [0.25, 0.3) is 0 Å². The van der Waals surface area contributed by atoms with Crippen molar-refractivity contribution in [3.05, 3.63) is 81.1 Å². The first-order valence-corrected chi connectivity index (χ1v) is 8.79. The number of halogens is 1. The van der Waals surface area contributed by atoms with Crippen LogP contribution in [0.3, 0.4) is 0 Å². The van der Waals surface area contributed by atoms with Crippen molar-refractivity contribution in [3.63, 3.8) is 0 Å². The fourth-order valence-corrected chi connectivity index (χ4v) is 2.74. The molecule has 2 N–H and O–H groups in total. The van der Waals surface area contributed by atoms with Crippen LogP contribution in [0.1, 0.15) is 15.9 Å². The van der Waals surface area contributed by atoms with E-state index in [1.54, 1.807) is 24.3 Å². The normalized spacial score (nSPS) is 10.3. The molecule has 0 aliphatic carbocycles. The highest BCUT2D eigenvalue weighted by Gasteiger charge is 2.23. The average molecular weight is 414 g/mol. The number of carbonyl (C=O) groups is 1. The van der Waals surface area contributed by atoms with E-state index in [1.165, 1.54) is 25.6 Å². The molecule has 0 amide bonds. The molecule has 0 unspecified atom stereocenters. The van der Waals surface area contributed by atoms with Crippen molar-refractivity contribution >= 4 is 40.6 Å². The summed E-state index contributed by atoms with van der Waals surface area (Å²) in [6, 6.07) is 13.4. The van der Waals surface area contributed by atoms with Gasteiger partial charge in [0.1, 0.15) is 6.33 Å². The zero-order chi connectivity index (χ0) is 20.8. The van der Waals surface area contributed by atoms with Crippen molar-refractivity contribution < 1.29 is 14.5 Å². The minimum absolute atomic E-state index is 0.0116. The predicted octanol–water partition coefficient (Wildman–Crippen LogP) is 4.18. The highest BCUT2D eigenvalue weighted by molar-refractivity contribution is 6.31. The third-order valence-electron chi connectivity index (χ3n) is 3.98. The number of nitro groups is 1. The number of ether oxygens (including phenoxy) is 1. The number of hydrogen-bond donors (Lipinski definition) is 2.